The average Bonchev–Trinajstić information content (AvgIpc) is 2.72. The van der Waals surface area contributed by atoms with Crippen LogP contribution >= 0.6 is 11.6 Å². The minimum atomic E-state index is -0.248. The van der Waals surface area contributed by atoms with Gasteiger partial charge in [0.05, 0.1) is 24.8 Å². The van der Waals surface area contributed by atoms with E-state index < -0.39 is 0 Å². The molecule has 1 heterocycles. The summed E-state index contributed by atoms with van der Waals surface area (Å²) in [5, 5.41) is 3.43. The van der Waals surface area contributed by atoms with Crippen LogP contribution in [0.1, 0.15) is 42.7 Å². The Hall–Kier alpha value is -2.60. The Morgan fingerprint density at radius 3 is 2.55 bits per heavy atom. The van der Waals surface area contributed by atoms with Gasteiger partial charge in [-0.25, -0.2) is 0 Å². The Labute approximate surface area is 176 Å². The molecule has 1 N–H and O–H groups in total. The molecule has 156 valence electrons. The number of ether oxygens (including phenoxy) is 4. The summed E-state index contributed by atoms with van der Waals surface area (Å²) in [6.07, 6.45) is 0. The first-order valence-corrected chi connectivity index (χ1v) is 10.0. The molecule has 1 aliphatic heterocycles. The highest BCUT2D eigenvalue weighted by Gasteiger charge is 2.23. The van der Waals surface area contributed by atoms with Crippen molar-refractivity contribution in [1.82, 2.24) is 5.32 Å². The van der Waals surface area contributed by atoms with Gasteiger partial charge in [0.15, 0.2) is 23.0 Å². The van der Waals surface area contributed by atoms with Crippen molar-refractivity contribution in [2.45, 2.75) is 26.8 Å². The van der Waals surface area contributed by atoms with Crippen molar-refractivity contribution in [3.63, 3.8) is 0 Å². The van der Waals surface area contributed by atoms with Crippen molar-refractivity contribution in [3.05, 3.63) is 46.5 Å². The molecule has 1 unspecified atom stereocenters. The van der Waals surface area contributed by atoms with Gasteiger partial charge >= 0.3 is 0 Å². The van der Waals surface area contributed by atoms with Gasteiger partial charge in [0.1, 0.15) is 13.2 Å². The number of halogens is 1. The molecule has 0 aromatic heterocycles. The Balaban J connectivity index is 1.86. The van der Waals surface area contributed by atoms with Gasteiger partial charge in [0, 0.05) is 5.56 Å². The van der Waals surface area contributed by atoms with Gasteiger partial charge in [-0.1, -0.05) is 31.5 Å². The van der Waals surface area contributed by atoms with Crippen LogP contribution in [-0.4, -0.2) is 32.8 Å². The number of hydrogen-bond donors (Lipinski definition) is 1. The summed E-state index contributed by atoms with van der Waals surface area (Å²) >= 11 is 6.32. The molecule has 2 aromatic rings. The van der Waals surface area contributed by atoms with Gasteiger partial charge in [-0.2, -0.15) is 0 Å². The van der Waals surface area contributed by atoms with Crippen LogP contribution in [0.25, 0.3) is 0 Å². The summed E-state index contributed by atoms with van der Waals surface area (Å²) in [6, 6.07) is 8.76. The zero-order chi connectivity index (χ0) is 21.0. The highest BCUT2D eigenvalue weighted by molar-refractivity contribution is 6.32. The zero-order valence-corrected chi connectivity index (χ0v) is 17.8. The normalized spacial score (nSPS) is 13.7. The smallest absolute Gasteiger partial charge is 0.251 e. The van der Waals surface area contributed by atoms with Crippen LogP contribution in [0.2, 0.25) is 5.02 Å². The van der Waals surface area contributed by atoms with Crippen LogP contribution in [0.5, 0.6) is 23.0 Å². The quantitative estimate of drug-likeness (QED) is 0.707. The fourth-order valence-corrected chi connectivity index (χ4v) is 3.51. The molecule has 3 rings (SSSR count). The molecular formula is C22H26ClNO5. The third-order valence-corrected chi connectivity index (χ3v) is 4.94. The van der Waals surface area contributed by atoms with E-state index in [4.69, 9.17) is 30.5 Å². The first-order valence-electron chi connectivity index (χ1n) is 9.65. The Bertz CT molecular complexity index is 884. The Morgan fingerprint density at radius 2 is 1.90 bits per heavy atom. The number of nitrogens with one attached hydrogen (secondary N) is 1. The summed E-state index contributed by atoms with van der Waals surface area (Å²) in [6.45, 7) is 7.45. The highest BCUT2D eigenvalue weighted by Crippen LogP contribution is 2.37. The van der Waals surface area contributed by atoms with E-state index in [1.54, 1.807) is 12.1 Å². The van der Waals surface area contributed by atoms with Gasteiger partial charge < -0.3 is 24.3 Å². The summed E-state index contributed by atoms with van der Waals surface area (Å²) in [4.78, 5) is 13.0. The van der Waals surface area contributed by atoms with Crippen LogP contribution in [-0.2, 0) is 0 Å². The number of amides is 1. The van der Waals surface area contributed by atoms with Crippen LogP contribution < -0.4 is 24.3 Å². The molecule has 1 amide bonds. The maximum atomic E-state index is 13.0. The fraction of sp³-hybridized carbons (Fsp3) is 0.409. The second kappa shape index (κ2) is 9.27. The van der Waals surface area contributed by atoms with Gasteiger partial charge in [0.2, 0.25) is 0 Å². The second-order valence-electron chi connectivity index (χ2n) is 7.02. The van der Waals surface area contributed by atoms with Crippen LogP contribution in [0.4, 0.5) is 0 Å². The number of fused-ring (bicyclic) bond motifs is 1. The molecule has 0 saturated carbocycles. The number of benzene rings is 2. The molecule has 0 bridgehead atoms. The van der Waals surface area contributed by atoms with Crippen LogP contribution in [0.3, 0.4) is 0 Å². The topological polar surface area (TPSA) is 66.0 Å². The minimum absolute atomic E-state index is 0.154. The summed E-state index contributed by atoms with van der Waals surface area (Å²) in [5.74, 6) is 2.17. The lowest BCUT2D eigenvalue weighted by Gasteiger charge is -2.25. The summed E-state index contributed by atoms with van der Waals surface area (Å²) < 4.78 is 22.1. The number of carbonyl (C=O) groups excluding carboxylic acids is 1. The zero-order valence-electron chi connectivity index (χ0n) is 17.1. The lowest BCUT2D eigenvalue weighted by atomic mass is 9.95. The fourth-order valence-electron chi connectivity index (χ4n) is 3.25. The second-order valence-corrected chi connectivity index (χ2v) is 7.43. The van der Waals surface area contributed by atoms with Gasteiger partial charge in [0.25, 0.3) is 5.91 Å². The molecule has 2 aromatic carbocycles. The molecule has 0 spiro atoms. The number of rotatable bonds is 7. The molecule has 6 nitrogen and oxygen atoms in total. The lowest BCUT2D eigenvalue weighted by molar-refractivity contribution is 0.0925. The van der Waals surface area contributed by atoms with Crippen LogP contribution in [0.15, 0.2) is 30.3 Å². The molecule has 0 saturated heterocycles. The van der Waals surface area contributed by atoms with E-state index in [1.165, 1.54) is 7.11 Å². The highest BCUT2D eigenvalue weighted by atomic mass is 35.5. The van der Waals surface area contributed by atoms with E-state index in [1.807, 2.05) is 39.0 Å². The lowest BCUT2D eigenvalue weighted by Crippen LogP contribution is -2.32. The Morgan fingerprint density at radius 1 is 1.17 bits per heavy atom. The van der Waals surface area contributed by atoms with Crippen molar-refractivity contribution in [2.24, 2.45) is 5.92 Å². The van der Waals surface area contributed by atoms with E-state index in [-0.39, 0.29) is 17.9 Å². The first-order chi connectivity index (χ1) is 13.9. The predicted octanol–water partition coefficient (Wildman–Crippen LogP) is 4.65. The minimum Gasteiger partial charge on any atom is -0.493 e. The van der Waals surface area contributed by atoms with E-state index in [0.717, 1.165) is 11.3 Å². The third-order valence-electron chi connectivity index (χ3n) is 4.66. The number of methoxy groups -OCH3 is 1. The van der Waals surface area contributed by atoms with Crippen molar-refractivity contribution in [2.75, 3.05) is 26.9 Å². The van der Waals surface area contributed by atoms with Crippen molar-refractivity contribution < 1.29 is 23.7 Å². The molecule has 1 aliphatic rings. The van der Waals surface area contributed by atoms with E-state index >= 15 is 0 Å². The molecule has 7 heteroatoms. The molecule has 0 radical (unpaired) electrons. The number of carbonyl (C=O) groups is 1. The van der Waals surface area contributed by atoms with Crippen LogP contribution in [0, 0.1) is 5.92 Å². The standard InChI is InChI=1S/C22H26ClNO5/c1-5-27-21-16(23)10-15(12-19(21)26-4)22(25)24-20(13(2)3)14-6-7-17-18(11-14)29-9-8-28-17/h6-7,10-13,20H,5,8-9H2,1-4H3,(H,24,25). The third kappa shape index (κ3) is 4.70. The number of hydrogen-bond acceptors (Lipinski definition) is 5. The average molecular weight is 420 g/mol. The van der Waals surface area contributed by atoms with Crippen molar-refractivity contribution in [3.8, 4) is 23.0 Å². The van der Waals surface area contributed by atoms with Crippen molar-refractivity contribution in [1.29, 1.82) is 0 Å². The Kier molecular flexibility index (Phi) is 6.75. The maximum Gasteiger partial charge on any atom is 0.251 e. The predicted molar refractivity (Wildman–Crippen MR) is 112 cm³/mol. The summed E-state index contributed by atoms with van der Waals surface area (Å²) in [5.41, 5.74) is 1.35. The maximum absolute atomic E-state index is 13.0. The molecular weight excluding hydrogens is 394 g/mol. The largest absolute Gasteiger partial charge is 0.493 e. The molecule has 1 atom stereocenters. The van der Waals surface area contributed by atoms with E-state index in [0.29, 0.717) is 47.7 Å². The monoisotopic (exact) mass is 419 g/mol. The summed E-state index contributed by atoms with van der Waals surface area (Å²) in [7, 11) is 1.52. The van der Waals surface area contributed by atoms with Gasteiger partial charge in [-0.3, -0.25) is 4.79 Å². The van der Waals surface area contributed by atoms with Gasteiger partial charge in [-0.05, 0) is 42.7 Å². The van der Waals surface area contributed by atoms with Gasteiger partial charge in [-0.15, -0.1) is 0 Å². The molecule has 0 aliphatic carbocycles. The van der Waals surface area contributed by atoms with Crippen molar-refractivity contribution >= 4 is 17.5 Å². The van der Waals surface area contributed by atoms with E-state index in [2.05, 4.69) is 5.32 Å². The first kappa shape index (κ1) is 21.1. The molecule has 29 heavy (non-hydrogen) atoms. The SMILES string of the molecule is CCOc1c(Cl)cc(C(=O)NC(c2ccc3c(c2)OCCO3)C(C)C)cc1OC. The van der Waals surface area contributed by atoms with E-state index in [9.17, 15) is 4.79 Å². The molecule has 0 fully saturated rings.